The molecule has 2 aromatic rings. The van der Waals surface area contributed by atoms with Gasteiger partial charge < -0.3 is 0 Å². The maximum atomic E-state index is 12.0. The highest BCUT2D eigenvalue weighted by atomic mass is 32.1. The third kappa shape index (κ3) is 2.74. The molecule has 0 aliphatic rings. The van der Waals surface area contributed by atoms with E-state index in [0.717, 1.165) is 0 Å². The van der Waals surface area contributed by atoms with Gasteiger partial charge in [-0.15, -0.1) is 11.3 Å². The molecule has 2 heterocycles. The van der Waals surface area contributed by atoms with Crippen molar-refractivity contribution in [3.8, 4) is 0 Å². The maximum absolute atomic E-state index is 12.0. The second kappa shape index (κ2) is 5.37. The van der Waals surface area contributed by atoms with Gasteiger partial charge in [0.05, 0.1) is 12.2 Å². The molecule has 0 fully saturated rings. The molecule has 7 nitrogen and oxygen atoms in total. The Balaban J connectivity index is 2.20. The smallest absolute Gasteiger partial charge is 0.297 e. The summed E-state index contributed by atoms with van der Waals surface area (Å²) in [7, 11) is 0. The van der Waals surface area contributed by atoms with Crippen LogP contribution in [0.3, 0.4) is 0 Å². The monoisotopic (exact) mass is 281 g/mol. The molecule has 0 bridgehead atoms. The van der Waals surface area contributed by atoms with Crippen molar-refractivity contribution in [1.82, 2.24) is 19.5 Å². The van der Waals surface area contributed by atoms with E-state index >= 15 is 0 Å². The summed E-state index contributed by atoms with van der Waals surface area (Å²) in [5.74, 6) is 4.61. The fourth-order valence-electron chi connectivity index (χ4n) is 1.66. The van der Waals surface area contributed by atoms with Crippen molar-refractivity contribution in [3.05, 3.63) is 39.0 Å². The molecule has 0 aliphatic heterocycles. The van der Waals surface area contributed by atoms with Gasteiger partial charge in [-0.3, -0.25) is 19.4 Å². The lowest BCUT2D eigenvalue weighted by atomic mass is 10.4. The zero-order chi connectivity index (χ0) is 14.0. The highest BCUT2D eigenvalue weighted by Gasteiger charge is 2.11. The second-order valence-electron chi connectivity index (χ2n) is 4.33. The lowest BCUT2D eigenvalue weighted by molar-refractivity contribution is 0.0953. The zero-order valence-corrected chi connectivity index (χ0v) is 11.5. The largest absolute Gasteiger partial charge is 0.328 e. The minimum atomic E-state index is -0.427. The number of nitrogen functional groups attached to an aromatic ring is 1. The third-order valence-corrected chi connectivity index (χ3v) is 3.53. The van der Waals surface area contributed by atoms with Crippen LogP contribution in [0.15, 0.2) is 22.6 Å². The molecular weight excluding hydrogens is 266 g/mol. The third-order valence-electron chi connectivity index (χ3n) is 2.64. The van der Waals surface area contributed by atoms with Crippen LogP contribution >= 0.6 is 11.3 Å². The summed E-state index contributed by atoms with van der Waals surface area (Å²) in [5, 5.41) is 2.03. The van der Waals surface area contributed by atoms with E-state index in [0.29, 0.717) is 12.2 Å². The molecule has 19 heavy (non-hydrogen) atoms. The quantitative estimate of drug-likeness (QED) is 0.480. The molecule has 0 saturated heterocycles. The number of nitrogens with two attached hydrogens (primary N) is 1. The Morgan fingerprint density at radius 2 is 2.26 bits per heavy atom. The number of nitrogens with one attached hydrogen (secondary N) is 1. The SMILES string of the molecule is CC(C)n1ccn(Cc2csc(C(=O)NN)n2)c1=O. The van der Waals surface area contributed by atoms with Crippen molar-refractivity contribution in [2.75, 3.05) is 0 Å². The summed E-state index contributed by atoms with van der Waals surface area (Å²) in [5.41, 5.74) is 2.59. The second-order valence-corrected chi connectivity index (χ2v) is 5.19. The summed E-state index contributed by atoms with van der Waals surface area (Å²) >= 11 is 1.20. The van der Waals surface area contributed by atoms with Gasteiger partial charge in [0.1, 0.15) is 0 Å². The van der Waals surface area contributed by atoms with Crippen molar-refractivity contribution in [3.63, 3.8) is 0 Å². The number of hydrazine groups is 1. The molecule has 8 heteroatoms. The molecule has 2 rings (SSSR count). The van der Waals surface area contributed by atoms with Crippen LogP contribution in [0, 0.1) is 0 Å². The minimum absolute atomic E-state index is 0.0900. The zero-order valence-electron chi connectivity index (χ0n) is 10.7. The summed E-state index contributed by atoms with van der Waals surface area (Å²) in [4.78, 5) is 27.4. The molecule has 0 atom stereocenters. The van der Waals surface area contributed by atoms with Crippen molar-refractivity contribution >= 4 is 17.2 Å². The maximum Gasteiger partial charge on any atom is 0.328 e. The molecule has 0 spiro atoms. The molecule has 1 amide bonds. The molecular formula is C11H15N5O2S. The first-order chi connectivity index (χ1) is 9.02. The van der Waals surface area contributed by atoms with Crippen molar-refractivity contribution < 1.29 is 4.79 Å². The van der Waals surface area contributed by atoms with E-state index in [9.17, 15) is 9.59 Å². The topological polar surface area (TPSA) is 94.9 Å². The van der Waals surface area contributed by atoms with Crippen LogP contribution in [0.25, 0.3) is 0 Å². The lowest BCUT2D eigenvalue weighted by Gasteiger charge is -2.04. The Morgan fingerprint density at radius 3 is 2.84 bits per heavy atom. The van der Waals surface area contributed by atoms with Gasteiger partial charge in [0.15, 0.2) is 5.01 Å². The summed E-state index contributed by atoms with van der Waals surface area (Å²) in [6.45, 7) is 4.23. The number of aromatic nitrogens is 3. The fraction of sp³-hybridized carbons (Fsp3) is 0.364. The number of hydrogen-bond acceptors (Lipinski definition) is 5. The molecule has 0 unspecified atom stereocenters. The predicted octanol–water partition coefficient (Wildman–Crippen LogP) is 0.339. The highest BCUT2D eigenvalue weighted by molar-refractivity contribution is 7.11. The van der Waals surface area contributed by atoms with Crippen molar-refractivity contribution in [2.45, 2.75) is 26.4 Å². The van der Waals surface area contributed by atoms with E-state index in [1.54, 1.807) is 26.9 Å². The average Bonchev–Trinajstić information content (AvgIpc) is 2.97. The lowest BCUT2D eigenvalue weighted by Crippen LogP contribution is -2.30. The molecule has 0 radical (unpaired) electrons. The van der Waals surface area contributed by atoms with E-state index in [1.807, 2.05) is 19.3 Å². The summed E-state index contributed by atoms with van der Waals surface area (Å²) in [6.07, 6.45) is 3.46. The minimum Gasteiger partial charge on any atom is -0.297 e. The van der Waals surface area contributed by atoms with E-state index in [2.05, 4.69) is 4.98 Å². The van der Waals surface area contributed by atoms with E-state index in [4.69, 9.17) is 5.84 Å². The molecule has 3 N–H and O–H groups in total. The van der Waals surface area contributed by atoms with Crippen LogP contribution in [-0.2, 0) is 6.54 Å². The highest BCUT2D eigenvalue weighted by Crippen LogP contribution is 2.10. The van der Waals surface area contributed by atoms with E-state index < -0.39 is 5.91 Å². The van der Waals surface area contributed by atoms with Crippen molar-refractivity contribution in [2.24, 2.45) is 5.84 Å². The number of nitrogens with zero attached hydrogens (tertiary/aromatic N) is 3. The van der Waals surface area contributed by atoms with Gasteiger partial charge in [-0.25, -0.2) is 15.6 Å². The van der Waals surface area contributed by atoms with Gasteiger partial charge in [0.25, 0.3) is 5.91 Å². The Morgan fingerprint density at radius 1 is 1.53 bits per heavy atom. The molecule has 0 saturated carbocycles. The van der Waals surface area contributed by atoms with Crippen LogP contribution in [0.2, 0.25) is 0 Å². The van der Waals surface area contributed by atoms with Crippen LogP contribution in [-0.4, -0.2) is 20.0 Å². The van der Waals surface area contributed by atoms with Gasteiger partial charge in [0, 0.05) is 23.8 Å². The van der Waals surface area contributed by atoms with Gasteiger partial charge in [-0.2, -0.15) is 0 Å². The fourth-order valence-corrected chi connectivity index (χ4v) is 2.37. The van der Waals surface area contributed by atoms with Gasteiger partial charge >= 0.3 is 5.69 Å². The van der Waals surface area contributed by atoms with Crippen LogP contribution in [0.4, 0.5) is 0 Å². The van der Waals surface area contributed by atoms with Gasteiger partial charge in [0.2, 0.25) is 0 Å². The van der Waals surface area contributed by atoms with Crippen molar-refractivity contribution in [1.29, 1.82) is 0 Å². The standard InChI is InChI=1S/C11H15N5O2S/c1-7(2)16-4-3-15(11(16)18)5-8-6-19-10(13-8)9(17)14-12/h3-4,6-7H,5,12H2,1-2H3,(H,14,17). The Labute approximate surface area is 113 Å². The Bertz CT molecular complexity index is 640. The normalized spacial score (nSPS) is 10.9. The van der Waals surface area contributed by atoms with Gasteiger partial charge in [-0.05, 0) is 13.8 Å². The Kier molecular flexibility index (Phi) is 3.82. The van der Waals surface area contributed by atoms with Gasteiger partial charge in [-0.1, -0.05) is 0 Å². The molecule has 2 aromatic heterocycles. The number of amides is 1. The average molecular weight is 281 g/mol. The first-order valence-corrected chi connectivity index (χ1v) is 6.63. The number of carbonyl (C=O) groups is 1. The van der Waals surface area contributed by atoms with Crippen LogP contribution in [0.1, 0.15) is 35.4 Å². The molecule has 0 aromatic carbocycles. The first kappa shape index (κ1) is 13.5. The Hall–Kier alpha value is -1.93. The van der Waals surface area contributed by atoms with E-state index in [1.165, 1.54) is 11.3 Å². The number of rotatable bonds is 4. The molecule has 102 valence electrons. The van der Waals surface area contributed by atoms with Crippen LogP contribution in [0.5, 0.6) is 0 Å². The summed E-state index contributed by atoms with van der Waals surface area (Å²) < 4.78 is 3.19. The van der Waals surface area contributed by atoms with E-state index in [-0.39, 0.29) is 16.7 Å². The number of imidazole rings is 1. The predicted molar refractivity (Wildman–Crippen MR) is 71.9 cm³/mol. The molecule has 0 aliphatic carbocycles. The number of hydrogen-bond donors (Lipinski definition) is 2. The van der Waals surface area contributed by atoms with Crippen LogP contribution < -0.4 is 17.0 Å². The number of carbonyl (C=O) groups excluding carboxylic acids is 1. The number of thiazole rings is 1. The first-order valence-electron chi connectivity index (χ1n) is 5.75. The summed E-state index contributed by atoms with van der Waals surface area (Å²) in [6, 6.07) is 0.114.